The molecule has 0 fully saturated rings. The molecule has 136 valence electrons. The van der Waals surface area contributed by atoms with E-state index >= 15 is 0 Å². The lowest BCUT2D eigenvalue weighted by Crippen LogP contribution is -2.15. The highest BCUT2D eigenvalue weighted by Gasteiger charge is 2.15. The van der Waals surface area contributed by atoms with E-state index in [1.165, 1.54) is 13.2 Å². The molecule has 1 N–H and O–H groups in total. The summed E-state index contributed by atoms with van der Waals surface area (Å²) in [6.07, 6.45) is 0. The van der Waals surface area contributed by atoms with Crippen molar-refractivity contribution in [3.8, 4) is 23.0 Å². The van der Waals surface area contributed by atoms with Gasteiger partial charge >= 0.3 is 6.61 Å². The normalized spacial score (nSPS) is 10.6. The van der Waals surface area contributed by atoms with Gasteiger partial charge in [-0.3, -0.25) is 0 Å². The predicted molar refractivity (Wildman–Crippen MR) is 89.7 cm³/mol. The number of ether oxygens (including phenoxy) is 4. The van der Waals surface area contributed by atoms with Crippen LogP contribution in [0.25, 0.3) is 0 Å². The summed E-state index contributed by atoms with van der Waals surface area (Å²) in [4.78, 5) is 0. The van der Waals surface area contributed by atoms with E-state index in [9.17, 15) is 8.78 Å². The first-order chi connectivity index (χ1) is 12.1. The maximum absolute atomic E-state index is 12.5. The van der Waals surface area contributed by atoms with Crippen molar-refractivity contribution in [3.05, 3.63) is 47.5 Å². The van der Waals surface area contributed by atoms with E-state index in [0.717, 1.165) is 5.56 Å². The van der Waals surface area contributed by atoms with Crippen molar-refractivity contribution in [1.29, 1.82) is 0 Å². The molecule has 0 aliphatic rings. The van der Waals surface area contributed by atoms with Gasteiger partial charge in [0, 0.05) is 24.2 Å². The topological polar surface area (TPSA) is 49.0 Å². The Morgan fingerprint density at radius 3 is 2.12 bits per heavy atom. The highest BCUT2D eigenvalue weighted by molar-refractivity contribution is 5.55. The van der Waals surface area contributed by atoms with Gasteiger partial charge in [0.15, 0.2) is 11.5 Å². The standard InChI is InChI=1S/C18H21F2NO4/c1-22-15-9-8-13(16(23-2)17(15)24-3)11-21-10-12-6-4-5-7-14(12)25-18(19)20/h4-9,18,21H,10-11H2,1-3H3. The molecule has 0 atom stereocenters. The molecule has 0 unspecified atom stereocenters. The van der Waals surface area contributed by atoms with Gasteiger partial charge in [-0.25, -0.2) is 0 Å². The van der Waals surface area contributed by atoms with Gasteiger partial charge in [0.1, 0.15) is 5.75 Å². The van der Waals surface area contributed by atoms with Crippen LogP contribution in [0.5, 0.6) is 23.0 Å². The Labute approximate surface area is 145 Å². The molecule has 0 bridgehead atoms. The Balaban J connectivity index is 2.10. The summed E-state index contributed by atoms with van der Waals surface area (Å²) in [5.41, 5.74) is 1.50. The number of hydrogen-bond donors (Lipinski definition) is 1. The Morgan fingerprint density at radius 1 is 0.800 bits per heavy atom. The molecule has 7 heteroatoms. The van der Waals surface area contributed by atoms with E-state index in [0.29, 0.717) is 35.9 Å². The molecule has 2 aromatic carbocycles. The fraction of sp³-hybridized carbons (Fsp3) is 0.333. The van der Waals surface area contributed by atoms with Gasteiger partial charge in [0.2, 0.25) is 5.75 Å². The van der Waals surface area contributed by atoms with Crippen LogP contribution in [0.2, 0.25) is 0 Å². The molecule has 0 amide bonds. The lowest BCUT2D eigenvalue weighted by atomic mass is 10.1. The van der Waals surface area contributed by atoms with Crippen molar-refractivity contribution in [2.24, 2.45) is 0 Å². The summed E-state index contributed by atoms with van der Waals surface area (Å²) in [5, 5.41) is 3.19. The largest absolute Gasteiger partial charge is 0.493 e. The van der Waals surface area contributed by atoms with Crippen LogP contribution >= 0.6 is 0 Å². The lowest BCUT2D eigenvalue weighted by molar-refractivity contribution is -0.0505. The number of hydrogen-bond acceptors (Lipinski definition) is 5. The molecular weight excluding hydrogens is 332 g/mol. The number of benzene rings is 2. The predicted octanol–water partition coefficient (Wildman–Crippen LogP) is 3.60. The Kier molecular flexibility index (Phi) is 6.82. The summed E-state index contributed by atoms with van der Waals surface area (Å²) < 4.78 is 45.5. The third-order valence-electron chi connectivity index (χ3n) is 3.61. The van der Waals surface area contributed by atoms with Crippen molar-refractivity contribution in [3.63, 3.8) is 0 Å². The minimum atomic E-state index is -2.85. The molecule has 0 aliphatic carbocycles. The Bertz CT molecular complexity index is 695. The monoisotopic (exact) mass is 353 g/mol. The van der Waals surface area contributed by atoms with Gasteiger partial charge < -0.3 is 24.3 Å². The van der Waals surface area contributed by atoms with Crippen molar-refractivity contribution in [1.82, 2.24) is 5.32 Å². The van der Waals surface area contributed by atoms with Gasteiger partial charge in [-0.2, -0.15) is 8.78 Å². The van der Waals surface area contributed by atoms with Gasteiger partial charge in [-0.1, -0.05) is 24.3 Å². The third kappa shape index (κ3) is 4.73. The molecule has 2 rings (SSSR count). The smallest absolute Gasteiger partial charge is 0.387 e. The van der Waals surface area contributed by atoms with Gasteiger partial charge in [0.25, 0.3) is 0 Å². The number of rotatable bonds is 9. The molecule has 2 aromatic rings. The summed E-state index contributed by atoms with van der Waals surface area (Å²) in [6.45, 7) is -2.04. The maximum Gasteiger partial charge on any atom is 0.387 e. The fourth-order valence-corrected chi connectivity index (χ4v) is 2.50. The number of halogens is 2. The molecule has 0 aromatic heterocycles. The number of alkyl halides is 2. The fourth-order valence-electron chi connectivity index (χ4n) is 2.50. The van der Waals surface area contributed by atoms with Crippen LogP contribution in [0.15, 0.2) is 36.4 Å². The number of nitrogens with one attached hydrogen (secondary N) is 1. The quantitative estimate of drug-likeness (QED) is 0.746. The van der Waals surface area contributed by atoms with Crippen LogP contribution in [-0.2, 0) is 13.1 Å². The van der Waals surface area contributed by atoms with Crippen LogP contribution < -0.4 is 24.3 Å². The number of methoxy groups -OCH3 is 3. The van der Waals surface area contributed by atoms with E-state index < -0.39 is 6.61 Å². The molecule has 0 aliphatic heterocycles. The van der Waals surface area contributed by atoms with Crippen LogP contribution in [0, 0.1) is 0 Å². The van der Waals surface area contributed by atoms with E-state index in [2.05, 4.69) is 10.1 Å². The summed E-state index contributed by atoms with van der Waals surface area (Å²) >= 11 is 0. The first kappa shape index (κ1) is 18.8. The van der Waals surface area contributed by atoms with E-state index in [1.54, 1.807) is 38.5 Å². The minimum Gasteiger partial charge on any atom is -0.493 e. The molecule has 0 radical (unpaired) electrons. The van der Waals surface area contributed by atoms with Crippen molar-refractivity contribution >= 4 is 0 Å². The highest BCUT2D eigenvalue weighted by Crippen LogP contribution is 2.39. The molecule has 0 spiro atoms. The summed E-state index contributed by atoms with van der Waals surface area (Å²) in [5.74, 6) is 1.79. The molecule has 25 heavy (non-hydrogen) atoms. The lowest BCUT2D eigenvalue weighted by Gasteiger charge is -2.16. The van der Waals surface area contributed by atoms with Crippen molar-refractivity contribution < 1.29 is 27.7 Å². The van der Waals surface area contributed by atoms with Crippen LogP contribution in [0.4, 0.5) is 8.78 Å². The Hall–Kier alpha value is -2.54. The zero-order valence-corrected chi connectivity index (χ0v) is 14.3. The highest BCUT2D eigenvalue weighted by atomic mass is 19.3. The molecule has 0 saturated heterocycles. The van der Waals surface area contributed by atoms with Crippen molar-refractivity contribution in [2.75, 3.05) is 21.3 Å². The molecule has 5 nitrogen and oxygen atoms in total. The first-order valence-corrected chi connectivity index (χ1v) is 7.62. The Morgan fingerprint density at radius 2 is 1.48 bits per heavy atom. The average molecular weight is 353 g/mol. The summed E-state index contributed by atoms with van der Waals surface area (Å²) in [7, 11) is 4.64. The van der Waals surface area contributed by atoms with Crippen molar-refractivity contribution in [2.45, 2.75) is 19.7 Å². The maximum atomic E-state index is 12.5. The van der Waals surface area contributed by atoms with Gasteiger partial charge in [-0.15, -0.1) is 0 Å². The second kappa shape index (κ2) is 9.08. The average Bonchev–Trinajstić information content (AvgIpc) is 2.61. The van der Waals surface area contributed by atoms with Crippen LogP contribution in [0.3, 0.4) is 0 Å². The molecular formula is C18H21F2NO4. The zero-order valence-electron chi connectivity index (χ0n) is 14.3. The summed E-state index contributed by atoms with van der Waals surface area (Å²) in [6, 6.07) is 10.3. The van der Waals surface area contributed by atoms with Crippen LogP contribution in [-0.4, -0.2) is 27.9 Å². The minimum absolute atomic E-state index is 0.157. The van der Waals surface area contributed by atoms with Gasteiger partial charge in [-0.05, 0) is 12.1 Å². The van der Waals surface area contributed by atoms with E-state index in [4.69, 9.17) is 14.2 Å². The molecule has 0 heterocycles. The molecule has 0 saturated carbocycles. The second-order valence-corrected chi connectivity index (χ2v) is 5.08. The van der Waals surface area contributed by atoms with Gasteiger partial charge in [0.05, 0.1) is 21.3 Å². The zero-order chi connectivity index (χ0) is 18.2. The first-order valence-electron chi connectivity index (χ1n) is 7.62. The SMILES string of the molecule is COc1ccc(CNCc2ccccc2OC(F)F)c(OC)c1OC. The number of para-hydroxylation sites is 1. The van der Waals surface area contributed by atoms with E-state index in [1.807, 2.05) is 6.07 Å². The van der Waals surface area contributed by atoms with Crippen LogP contribution in [0.1, 0.15) is 11.1 Å². The third-order valence-corrected chi connectivity index (χ3v) is 3.61. The van der Waals surface area contributed by atoms with E-state index in [-0.39, 0.29) is 5.75 Å². The second-order valence-electron chi connectivity index (χ2n) is 5.08.